The Hall–Kier alpha value is -1.64. The Morgan fingerprint density at radius 1 is 1.36 bits per heavy atom. The first-order valence-electron chi connectivity index (χ1n) is 8.66. The molecule has 0 spiro atoms. The quantitative estimate of drug-likeness (QED) is 0.547. The van der Waals surface area contributed by atoms with Crippen LogP contribution in [-0.2, 0) is 14.8 Å². The first-order chi connectivity index (χ1) is 11.9. The van der Waals surface area contributed by atoms with E-state index in [-0.39, 0.29) is 16.6 Å². The lowest BCUT2D eigenvalue weighted by Gasteiger charge is -2.15. The van der Waals surface area contributed by atoms with E-state index in [1.54, 1.807) is 0 Å². The first-order valence-corrected chi connectivity index (χ1v) is 10.1. The summed E-state index contributed by atoms with van der Waals surface area (Å²) in [7, 11) is -3.71. The third-order valence-corrected chi connectivity index (χ3v) is 5.61. The Labute approximate surface area is 148 Å². The van der Waals surface area contributed by atoms with Crippen LogP contribution < -0.4 is 10.0 Å². The number of ether oxygens (including phenoxy) is 1. The van der Waals surface area contributed by atoms with Gasteiger partial charge in [-0.15, -0.1) is 0 Å². The number of hydrogen-bond donors (Lipinski definition) is 3. The van der Waals surface area contributed by atoms with Gasteiger partial charge in [0.25, 0.3) is 0 Å². The number of carbonyl (C=O) groups is 1. The molecule has 0 saturated carbocycles. The van der Waals surface area contributed by atoms with Gasteiger partial charge in [0.2, 0.25) is 10.0 Å². The summed E-state index contributed by atoms with van der Waals surface area (Å²) in [6, 6.07) is 4.12. The minimum absolute atomic E-state index is 0.0379. The number of benzene rings is 1. The average molecular weight is 370 g/mol. The molecule has 0 aliphatic carbocycles. The molecule has 0 amide bonds. The van der Waals surface area contributed by atoms with Crippen molar-refractivity contribution in [1.82, 2.24) is 4.72 Å². The number of sulfonamides is 1. The van der Waals surface area contributed by atoms with Gasteiger partial charge in [-0.3, -0.25) is 0 Å². The largest absolute Gasteiger partial charge is 0.478 e. The van der Waals surface area contributed by atoms with Crippen LogP contribution in [0.3, 0.4) is 0 Å². The lowest BCUT2D eigenvalue weighted by Crippen LogP contribution is -2.25. The molecule has 1 aromatic rings. The van der Waals surface area contributed by atoms with Crippen LogP contribution in [0, 0.1) is 0 Å². The van der Waals surface area contributed by atoms with Crippen molar-refractivity contribution >= 4 is 21.7 Å². The third-order valence-electron chi connectivity index (χ3n) is 4.15. The standard InChI is InChI=1S/C17H26N2O5S/c1-2-3-4-9-19-25(22,23)14-7-8-16(15(11-14)17(20)21)18-12-13-6-5-10-24-13/h7-8,11,13,18-19H,2-6,9-10,12H2,1H3,(H,20,21)/t13-/m0/s1. The van der Waals surface area contributed by atoms with E-state index in [4.69, 9.17) is 4.74 Å². The van der Waals surface area contributed by atoms with Gasteiger partial charge in [0.15, 0.2) is 0 Å². The summed E-state index contributed by atoms with van der Waals surface area (Å²) in [4.78, 5) is 11.5. The highest BCUT2D eigenvalue weighted by atomic mass is 32.2. The lowest BCUT2D eigenvalue weighted by atomic mass is 10.1. The van der Waals surface area contributed by atoms with E-state index in [1.807, 2.05) is 6.92 Å². The maximum atomic E-state index is 12.3. The summed E-state index contributed by atoms with van der Waals surface area (Å²) in [6.45, 7) is 3.61. The van der Waals surface area contributed by atoms with Crippen molar-refractivity contribution in [3.05, 3.63) is 23.8 Å². The second-order valence-electron chi connectivity index (χ2n) is 6.13. The normalized spacial score (nSPS) is 17.6. The summed E-state index contributed by atoms with van der Waals surface area (Å²) in [5.41, 5.74) is 0.336. The van der Waals surface area contributed by atoms with Crippen LogP contribution in [-0.4, -0.2) is 45.3 Å². The number of rotatable bonds is 10. The molecule has 7 nitrogen and oxygen atoms in total. The molecular weight excluding hydrogens is 344 g/mol. The molecule has 140 valence electrons. The predicted molar refractivity (Wildman–Crippen MR) is 95.6 cm³/mol. The van der Waals surface area contributed by atoms with Gasteiger partial charge in [-0.05, 0) is 37.5 Å². The molecule has 25 heavy (non-hydrogen) atoms. The number of anilines is 1. The molecule has 0 unspecified atom stereocenters. The summed E-state index contributed by atoms with van der Waals surface area (Å²) >= 11 is 0. The molecule has 3 N–H and O–H groups in total. The van der Waals surface area contributed by atoms with Crippen LogP contribution in [0.25, 0.3) is 0 Å². The van der Waals surface area contributed by atoms with Gasteiger partial charge in [0.05, 0.1) is 16.6 Å². The van der Waals surface area contributed by atoms with Gasteiger partial charge in [-0.1, -0.05) is 19.8 Å². The fourth-order valence-electron chi connectivity index (χ4n) is 2.72. The average Bonchev–Trinajstić information content (AvgIpc) is 3.10. The lowest BCUT2D eigenvalue weighted by molar-refractivity contribution is 0.0697. The van der Waals surface area contributed by atoms with Crippen LogP contribution in [0.5, 0.6) is 0 Å². The molecule has 1 aliphatic heterocycles. The summed E-state index contributed by atoms with van der Waals surface area (Å²) < 4.78 is 32.6. The van der Waals surface area contributed by atoms with E-state index < -0.39 is 16.0 Å². The van der Waals surface area contributed by atoms with Gasteiger partial charge in [0, 0.05) is 25.4 Å². The SMILES string of the molecule is CCCCCNS(=O)(=O)c1ccc(NC[C@@H]2CCCO2)c(C(=O)O)c1. The molecule has 1 aliphatic rings. The second-order valence-corrected chi connectivity index (χ2v) is 7.90. The van der Waals surface area contributed by atoms with Gasteiger partial charge in [0.1, 0.15) is 0 Å². The zero-order chi connectivity index (χ0) is 18.3. The minimum atomic E-state index is -3.71. The van der Waals surface area contributed by atoms with Crippen molar-refractivity contribution in [2.45, 2.75) is 50.0 Å². The smallest absolute Gasteiger partial charge is 0.337 e. The van der Waals surface area contributed by atoms with Crippen LogP contribution in [0.4, 0.5) is 5.69 Å². The van der Waals surface area contributed by atoms with Gasteiger partial charge >= 0.3 is 5.97 Å². The van der Waals surface area contributed by atoms with E-state index in [0.717, 1.165) is 38.7 Å². The maximum absolute atomic E-state index is 12.3. The predicted octanol–water partition coefficient (Wildman–Crippen LogP) is 2.44. The van der Waals surface area contributed by atoms with Crippen molar-refractivity contribution in [2.24, 2.45) is 0 Å². The van der Waals surface area contributed by atoms with E-state index in [1.165, 1.54) is 18.2 Å². The topological polar surface area (TPSA) is 105 Å². The van der Waals surface area contributed by atoms with Crippen molar-refractivity contribution in [3.8, 4) is 0 Å². The molecule has 1 aromatic carbocycles. The van der Waals surface area contributed by atoms with Crippen LogP contribution in [0.1, 0.15) is 49.4 Å². The van der Waals surface area contributed by atoms with Crippen molar-refractivity contribution in [2.75, 3.05) is 25.0 Å². The number of hydrogen-bond acceptors (Lipinski definition) is 5. The number of carboxylic acid groups (broad SMARTS) is 1. The fourth-order valence-corrected chi connectivity index (χ4v) is 3.82. The van der Waals surface area contributed by atoms with Crippen molar-refractivity contribution < 1.29 is 23.1 Å². The van der Waals surface area contributed by atoms with E-state index in [2.05, 4.69) is 10.0 Å². The summed E-state index contributed by atoms with van der Waals surface area (Å²) in [5.74, 6) is -1.17. The highest BCUT2D eigenvalue weighted by molar-refractivity contribution is 7.89. The highest BCUT2D eigenvalue weighted by Gasteiger charge is 2.20. The van der Waals surface area contributed by atoms with Gasteiger partial charge in [-0.25, -0.2) is 17.9 Å². The minimum Gasteiger partial charge on any atom is -0.478 e. The van der Waals surface area contributed by atoms with Crippen LogP contribution >= 0.6 is 0 Å². The Bertz CT molecular complexity index is 684. The van der Waals surface area contributed by atoms with E-state index in [9.17, 15) is 18.3 Å². The Morgan fingerprint density at radius 3 is 2.80 bits per heavy atom. The molecule has 1 heterocycles. The van der Waals surface area contributed by atoms with Crippen molar-refractivity contribution in [1.29, 1.82) is 0 Å². The summed E-state index contributed by atoms with van der Waals surface area (Å²) in [5, 5.41) is 12.5. The third kappa shape index (κ3) is 5.69. The number of unbranched alkanes of at least 4 members (excludes halogenated alkanes) is 2. The Morgan fingerprint density at radius 2 is 2.16 bits per heavy atom. The van der Waals surface area contributed by atoms with Crippen LogP contribution in [0.2, 0.25) is 0 Å². The molecular formula is C17H26N2O5S. The monoisotopic (exact) mass is 370 g/mol. The van der Waals surface area contributed by atoms with Gasteiger partial charge in [-0.2, -0.15) is 0 Å². The zero-order valence-corrected chi connectivity index (χ0v) is 15.3. The molecule has 0 aromatic heterocycles. The molecule has 1 saturated heterocycles. The molecule has 1 fully saturated rings. The Balaban J connectivity index is 2.09. The molecule has 1 atom stereocenters. The van der Waals surface area contributed by atoms with Gasteiger partial charge < -0.3 is 15.2 Å². The second kappa shape index (κ2) is 9.17. The molecule has 2 rings (SSSR count). The van der Waals surface area contributed by atoms with Crippen LogP contribution in [0.15, 0.2) is 23.1 Å². The fraction of sp³-hybridized carbons (Fsp3) is 0.588. The molecule has 8 heteroatoms. The Kier molecular flexibility index (Phi) is 7.22. The maximum Gasteiger partial charge on any atom is 0.337 e. The first kappa shape index (κ1) is 19.7. The molecule has 0 radical (unpaired) electrons. The summed E-state index contributed by atoms with van der Waals surface area (Å²) in [6.07, 6.45) is 4.68. The number of aromatic carboxylic acids is 1. The number of carboxylic acids is 1. The highest BCUT2D eigenvalue weighted by Crippen LogP contribution is 2.22. The van der Waals surface area contributed by atoms with Crippen molar-refractivity contribution in [3.63, 3.8) is 0 Å². The van der Waals surface area contributed by atoms with E-state index >= 15 is 0 Å². The number of nitrogens with one attached hydrogen (secondary N) is 2. The molecule has 0 bridgehead atoms. The van der Waals surface area contributed by atoms with E-state index in [0.29, 0.717) is 18.8 Å². The zero-order valence-electron chi connectivity index (χ0n) is 14.5.